The average Bonchev–Trinajstić information content (AvgIpc) is 3.00. The minimum absolute atomic E-state index is 0.107. The zero-order chi connectivity index (χ0) is 17.6. The molecule has 1 aromatic carbocycles. The fourth-order valence-corrected chi connectivity index (χ4v) is 3.67. The molecule has 0 amide bonds. The molecule has 1 heterocycles. The standard InChI is InChI=1S/C15H20F2N4O2S/c16-15(17)12-20-11-14(10-19-20)24(22,23)21(9-7-18)8-6-13-4-2-1-3-5-13/h1-5,10-11,15H,6-9,12,18H2. The summed E-state index contributed by atoms with van der Waals surface area (Å²) in [6.45, 7) is -0.0750. The third-order valence-electron chi connectivity index (χ3n) is 3.44. The second-order valence-corrected chi connectivity index (χ2v) is 7.16. The Hall–Kier alpha value is -1.84. The summed E-state index contributed by atoms with van der Waals surface area (Å²) in [7, 11) is -3.82. The predicted octanol–water partition coefficient (Wildman–Crippen LogP) is 1.34. The molecule has 132 valence electrons. The van der Waals surface area contributed by atoms with E-state index in [1.807, 2.05) is 30.3 Å². The van der Waals surface area contributed by atoms with E-state index < -0.39 is 23.0 Å². The normalized spacial score (nSPS) is 12.2. The SMILES string of the molecule is NCCN(CCc1ccccc1)S(=O)(=O)c1cnn(CC(F)F)c1. The predicted molar refractivity (Wildman–Crippen MR) is 86.2 cm³/mol. The molecule has 0 fully saturated rings. The zero-order valence-corrected chi connectivity index (χ0v) is 13.9. The van der Waals surface area contributed by atoms with Gasteiger partial charge in [-0.25, -0.2) is 17.2 Å². The summed E-state index contributed by atoms with van der Waals surface area (Å²) in [4.78, 5) is -0.107. The lowest BCUT2D eigenvalue weighted by Gasteiger charge is -2.20. The molecular weight excluding hydrogens is 338 g/mol. The molecule has 2 N–H and O–H groups in total. The van der Waals surface area contributed by atoms with Crippen LogP contribution in [0.15, 0.2) is 47.6 Å². The average molecular weight is 358 g/mol. The number of nitrogens with two attached hydrogens (primary N) is 1. The summed E-state index contributed by atoms with van der Waals surface area (Å²) < 4.78 is 52.3. The summed E-state index contributed by atoms with van der Waals surface area (Å²) >= 11 is 0. The second kappa shape index (κ2) is 8.32. The van der Waals surface area contributed by atoms with Crippen LogP contribution < -0.4 is 5.73 Å². The number of aromatic nitrogens is 2. The Bertz CT molecular complexity index is 735. The summed E-state index contributed by atoms with van der Waals surface area (Å²) in [5.41, 5.74) is 6.52. The van der Waals surface area contributed by atoms with Gasteiger partial charge in [0.15, 0.2) is 0 Å². The molecule has 0 aliphatic heterocycles. The van der Waals surface area contributed by atoms with E-state index in [2.05, 4.69) is 5.10 Å². The van der Waals surface area contributed by atoms with Crippen LogP contribution in [0.5, 0.6) is 0 Å². The van der Waals surface area contributed by atoms with Gasteiger partial charge in [0.05, 0.1) is 6.20 Å². The van der Waals surface area contributed by atoms with Crippen LogP contribution in [0.2, 0.25) is 0 Å². The van der Waals surface area contributed by atoms with Crippen molar-refractivity contribution in [3.05, 3.63) is 48.3 Å². The molecule has 0 spiro atoms. The Balaban J connectivity index is 2.13. The van der Waals surface area contributed by atoms with E-state index in [9.17, 15) is 17.2 Å². The van der Waals surface area contributed by atoms with Crippen molar-refractivity contribution in [3.63, 3.8) is 0 Å². The lowest BCUT2D eigenvalue weighted by atomic mass is 10.1. The maximum Gasteiger partial charge on any atom is 0.257 e. The fraction of sp³-hybridized carbons (Fsp3) is 0.400. The monoisotopic (exact) mass is 358 g/mol. The molecule has 0 saturated carbocycles. The van der Waals surface area contributed by atoms with Crippen LogP contribution >= 0.6 is 0 Å². The quantitative estimate of drug-likeness (QED) is 0.733. The van der Waals surface area contributed by atoms with Crippen LogP contribution in [-0.4, -0.2) is 48.6 Å². The summed E-state index contributed by atoms with van der Waals surface area (Å²) in [6, 6.07) is 9.47. The first-order valence-electron chi connectivity index (χ1n) is 7.48. The molecule has 24 heavy (non-hydrogen) atoms. The Morgan fingerprint density at radius 1 is 1.21 bits per heavy atom. The number of hydrogen-bond donors (Lipinski definition) is 1. The summed E-state index contributed by atoms with van der Waals surface area (Å²) in [5, 5.41) is 3.68. The minimum Gasteiger partial charge on any atom is -0.329 e. The van der Waals surface area contributed by atoms with Crippen molar-refractivity contribution < 1.29 is 17.2 Å². The number of sulfonamides is 1. The van der Waals surface area contributed by atoms with Crippen molar-refractivity contribution in [2.24, 2.45) is 5.73 Å². The molecular formula is C15H20F2N4O2S. The van der Waals surface area contributed by atoms with Gasteiger partial charge >= 0.3 is 0 Å². The van der Waals surface area contributed by atoms with Crippen LogP contribution in [-0.2, 0) is 23.0 Å². The van der Waals surface area contributed by atoms with Crippen molar-refractivity contribution in [1.29, 1.82) is 0 Å². The molecule has 9 heteroatoms. The Kier molecular flexibility index (Phi) is 6.41. The lowest BCUT2D eigenvalue weighted by molar-refractivity contribution is 0.121. The number of alkyl halides is 2. The maximum absolute atomic E-state index is 12.7. The molecule has 1 aromatic heterocycles. The highest BCUT2D eigenvalue weighted by Crippen LogP contribution is 2.16. The first kappa shape index (κ1) is 18.5. The Labute approximate surface area is 139 Å². The number of rotatable bonds is 9. The largest absolute Gasteiger partial charge is 0.329 e. The van der Waals surface area contributed by atoms with Crippen LogP contribution in [0.3, 0.4) is 0 Å². The lowest BCUT2D eigenvalue weighted by Crippen LogP contribution is -2.36. The zero-order valence-electron chi connectivity index (χ0n) is 13.1. The third kappa shape index (κ3) is 4.83. The smallest absolute Gasteiger partial charge is 0.257 e. The van der Waals surface area contributed by atoms with Gasteiger partial charge in [-0.2, -0.15) is 9.40 Å². The molecule has 0 aliphatic rings. The second-order valence-electron chi connectivity index (χ2n) is 5.22. The van der Waals surface area contributed by atoms with Crippen LogP contribution in [0.4, 0.5) is 8.78 Å². The molecule has 0 saturated heterocycles. The molecule has 6 nitrogen and oxygen atoms in total. The van der Waals surface area contributed by atoms with Crippen molar-refractivity contribution in [2.75, 3.05) is 19.6 Å². The Morgan fingerprint density at radius 3 is 2.54 bits per heavy atom. The molecule has 0 atom stereocenters. The minimum atomic E-state index is -3.82. The van der Waals surface area contributed by atoms with E-state index in [0.29, 0.717) is 6.42 Å². The van der Waals surface area contributed by atoms with Gasteiger partial charge < -0.3 is 5.73 Å². The van der Waals surface area contributed by atoms with Gasteiger partial charge in [0.25, 0.3) is 6.43 Å². The van der Waals surface area contributed by atoms with E-state index in [4.69, 9.17) is 5.73 Å². The van der Waals surface area contributed by atoms with Crippen molar-refractivity contribution >= 4 is 10.0 Å². The van der Waals surface area contributed by atoms with Gasteiger partial charge in [0, 0.05) is 25.8 Å². The van der Waals surface area contributed by atoms with Crippen molar-refractivity contribution in [3.8, 4) is 0 Å². The highest BCUT2D eigenvalue weighted by molar-refractivity contribution is 7.89. The summed E-state index contributed by atoms with van der Waals surface area (Å²) in [5.74, 6) is 0. The molecule has 2 aromatic rings. The van der Waals surface area contributed by atoms with Crippen LogP contribution in [0, 0.1) is 0 Å². The number of benzene rings is 1. The number of hydrogen-bond acceptors (Lipinski definition) is 4. The highest BCUT2D eigenvalue weighted by atomic mass is 32.2. The topological polar surface area (TPSA) is 81.2 Å². The summed E-state index contributed by atoms with van der Waals surface area (Å²) in [6.07, 6.45) is 0.140. The first-order chi connectivity index (χ1) is 11.4. The van der Waals surface area contributed by atoms with Gasteiger partial charge in [-0.15, -0.1) is 0 Å². The fourth-order valence-electron chi connectivity index (χ4n) is 2.26. The molecule has 0 bridgehead atoms. The van der Waals surface area contributed by atoms with Crippen molar-refractivity contribution in [2.45, 2.75) is 24.3 Å². The number of nitrogens with zero attached hydrogens (tertiary/aromatic N) is 3. The first-order valence-corrected chi connectivity index (χ1v) is 8.92. The van der Waals surface area contributed by atoms with E-state index in [1.165, 1.54) is 4.31 Å². The molecule has 0 unspecified atom stereocenters. The van der Waals surface area contributed by atoms with Gasteiger partial charge in [-0.3, -0.25) is 4.68 Å². The van der Waals surface area contributed by atoms with Gasteiger partial charge in [0.1, 0.15) is 11.4 Å². The van der Waals surface area contributed by atoms with Gasteiger partial charge in [-0.1, -0.05) is 30.3 Å². The Morgan fingerprint density at radius 2 is 1.92 bits per heavy atom. The maximum atomic E-state index is 12.7. The third-order valence-corrected chi connectivity index (χ3v) is 5.30. The van der Waals surface area contributed by atoms with Crippen LogP contribution in [0.1, 0.15) is 5.56 Å². The van der Waals surface area contributed by atoms with E-state index in [0.717, 1.165) is 22.6 Å². The molecule has 0 radical (unpaired) electrons. The van der Waals surface area contributed by atoms with E-state index >= 15 is 0 Å². The van der Waals surface area contributed by atoms with E-state index in [1.54, 1.807) is 0 Å². The highest BCUT2D eigenvalue weighted by Gasteiger charge is 2.25. The van der Waals surface area contributed by atoms with Gasteiger partial charge in [-0.05, 0) is 12.0 Å². The number of halogens is 2. The van der Waals surface area contributed by atoms with Crippen molar-refractivity contribution in [1.82, 2.24) is 14.1 Å². The van der Waals surface area contributed by atoms with E-state index in [-0.39, 0.29) is 24.5 Å². The van der Waals surface area contributed by atoms with Gasteiger partial charge in [0.2, 0.25) is 10.0 Å². The molecule has 2 rings (SSSR count). The van der Waals surface area contributed by atoms with Crippen LogP contribution in [0.25, 0.3) is 0 Å². The molecule has 0 aliphatic carbocycles.